The van der Waals surface area contributed by atoms with Gasteiger partial charge in [-0.25, -0.2) is 9.36 Å². The van der Waals surface area contributed by atoms with Crippen LogP contribution < -0.4 is 5.32 Å². The highest BCUT2D eigenvalue weighted by molar-refractivity contribution is 6.04. The van der Waals surface area contributed by atoms with Crippen LogP contribution in [0, 0.1) is 20.8 Å². The zero-order valence-electron chi connectivity index (χ0n) is 15.8. The van der Waals surface area contributed by atoms with Gasteiger partial charge in [-0.1, -0.05) is 0 Å². The number of carbonyl (C=O) groups excluding carboxylic acids is 1. The maximum atomic E-state index is 12.6. The first kappa shape index (κ1) is 17.6. The number of nitrogens with one attached hydrogen (secondary N) is 1. The van der Waals surface area contributed by atoms with Crippen LogP contribution >= 0.6 is 0 Å². The van der Waals surface area contributed by atoms with Gasteiger partial charge in [0, 0.05) is 16.9 Å². The van der Waals surface area contributed by atoms with Gasteiger partial charge in [-0.3, -0.25) is 4.79 Å². The molecule has 8 heteroatoms. The Kier molecular flexibility index (Phi) is 4.44. The zero-order valence-corrected chi connectivity index (χ0v) is 15.8. The van der Waals surface area contributed by atoms with Gasteiger partial charge in [-0.05, 0) is 85.3 Å². The Hall–Kier alpha value is -3.81. The Morgan fingerprint density at radius 2 is 1.79 bits per heavy atom. The highest BCUT2D eigenvalue weighted by Gasteiger charge is 2.10. The summed E-state index contributed by atoms with van der Waals surface area (Å²) in [7, 11) is 0. The van der Waals surface area contributed by atoms with Crippen LogP contribution in [0.4, 0.5) is 5.69 Å². The van der Waals surface area contributed by atoms with Gasteiger partial charge in [0.2, 0.25) is 0 Å². The molecule has 0 saturated carbocycles. The molecule has 0 atom stereocenters. The summed E-state index contributed by atoms with van der Waals surface area (Å²) < 4.78 is 3.44. The first-order valence-electron chi connectivity index (χ1n) is 8.80. The van der Waals surface area contributed by atoms with Gasteiger partial charge in [-0.15, -0.1) is 5.10 Å². The summed E-state index contributed by atoms with van der Waals surface area (Å²) >= 11 is 0. The molecule has 4 rings (SSSR count). The molecule has 0 fully saturated rings. The van der Waals surface area contributed by atoms with Crippen molar-refractivity contribution in [1.82, 2.24) is 30.0 Å². The number of hydrogen-bond donors (Lipinski definition) is 1. The average molecular weight is 373 g/mol. The van der Waals surface area contributed by atoms with E-state index in [0.717, 1.165) is 28.3 Å². The van der Waals surface area contributed by atoms with Crippen molar-refractivity contribution < 1.29 is 4.79 Å². The average Bonchev–Trinajstić information content (AvgIpc) is 3.31. The molecule has 2 aromatic carbocycles. The van der Waals surface area contributed by atoms with Crippen LogP contribution in [0.3, 0.4) is 0 Å². The number of nitrogens with zero attached hydrogens (tertiary/aromatic N) is 6. The van der Waals surface area contributed by atoms with Crippen molar-refractivity contribution in [3.05, 3.63) is 77.4 Å². The number of aryl methyl sites for hydroxylation is 3. The Bertz CT molecular complexity index is 1130. The summed E-state index contributed by atoms with van der Waals surface area (Å²) in [5.41, 5.74) is 6.02. The van der Waals surface area contributed by atoms with Crippen LogP contribution in [0.25, 0.3) is 11.4 Å². The lowest BCUT2D eigenvalue weighted by Crippen LogP contribution is -2.12. The Morgan fingerprint density at radius 3 is 2.39 bits per heavy atom. The second kappa shape index (κ2) is 7.07. The maximum absolute atomic E-state index is 12.6. The van der Waals surface area contributed by atoms with Crippen molar-refractivity contribution in [2.45, 2.75) is 20.8 Å². The molecule has 1 N–H and O–H groups in total. The van der Waals surface area contributed by atoms with E-state index in [4.69, 9.17) is 0 Å². The van der Waals surface area contributed by atoms with Crippen LogP contribution in [-0.4, -0.2) is 35.9 Å². The van der Waals surface area contributed by atoms with Crippen molar-refractivity contribution >= 4 is 11.6 Å². The number of hydrogen-bond acceptors (Lipinski definition) is 5. The summed E-state index contributed by atoms with van der Waals surface area (Å²) in [5, 5.41) is 18.6. The van der Waals surface area contributed by atoms with Crippen LogP contribution in [0.2, 0.25) is 0 Å². The lowest BCUT2D eigenvalue weighted by Gasteiger charge is -2.10. The van der Waals surface area contributed by atoms with E-state index < -0.39 is 0 Å². The van der Waals surface area contributed by atoms with Gasteiger partial charge in [0.25, 0.3) is 5.91 Å². The van der Waals surface area contributed by atoms with Crippen molar-refractivity contribution in [2.24, 2.45) is 0 Å². The molecule has 140 valence electrons. The monoisotopic (exact) mass is 373 g/mol. The van der Waals surface area contributed by atoms with Crippen LogP contribution in [-0.2, 0) is 0 Å². The van der Waals surface area contributed by atoms with Crippen molar-refractivity contribution in [3.63, 3.8) is 0 Å². The number of aromatic nitrogens is 6. The van der Waals surface area contributed by atoms with E-state index in [1.807, 2.05) is 61.9 Å². The third kappa shape index (κ3) is 3.39. The van der Waals surface area contributed by atoms with Gasteiger partial charge < -0.3 is 5.32 Å². The normalized spacial score (nSPS) is 10.8. The minimum Gasteiger partial charge on any atom is -0.322 e. The lowest BCUT2D eigenvalue weighted by molar-refractivity contribution is 0.102. The predicted molar refractivity (Wildman–Crippen MR) is 105 cm³/mol. The Balaban J connectivity index is 1.51. The smallest absolute Gasteiger partial charge is 0.255 e. The Labute approximate surface area is 161 Å². The topological polar surface area (TPSA) is 90.5 Å². The van der Waals surface area contributed by atoms with Gasteiger partial charge in [0.1, 0.15) is 6.33 Å². The van der Waals surface area contributed by atoms with E-state index in [9.17, 15) is 4.79 Å². The fourth-order valence-electron chi connectivity index (χ4n) is 3.11. The molecule has 2 aromatic heterocycles. The molecule has 8 nitrogen and oxygen atoms in total. The summed E-state index contributed by atoms with van der Waals surface area (Å²) in [6, 6.07) is 15.0. The van der Waals surface area contributed by atoms with Crippen molar-refractivity contribution in [3.8, 4) is 11.4 Å². The molecule has 0 bridgehead atoms. The molecule has 0 radical (unpaired) electrons. The van der Waals surface area contributed by atoms with Crippen LogP contribution in [0.5, 0.6) is 0 Å². The van der Waals surface area contributed by atoms with Crippen LogP contribution in [0.15, 0.2) is 54.9 Å². The number of amides is 1. The largest absolute Gasteiger partial charge is 0.322 e. The molecule has 0 aliphatic heterocycles. The third-order valence-electron chi connectivity index (χ3n) is 4.43. The molecule has 4 aromatic rings. The van der Waals surface area contributed by atoms with E-state index >= 15 is 0 Å². The quantitative estimate of drug-likeness (QED) is 0.594. The number of carbonyl (C=O) groups is 1. The molecule has 0 aliphatic rings. The summed E-state index contributed by atoms with van der Waals surface area (Å²) in [6.07, 6.45) is 1.53. The second-order valence-corrected chi connectivity index (χ2v) is 6.60. The van der Waals surface area contributed by atoms with Gasteiger partial charge in [0.05, 0.1) is 17.1 Å². The van der Waals surface area contributed by atoms with E-state index in [2.05, 4.69) is 25.9 Å². The van der Waals surface area contributed by atoms with E-state index in [1.165, 1.54) is 6.33 Å². The molecular formula is C20H19N7O. The summed E-state index contributed by atoms with van der Waals surface area (Å²) in [5.74, 6) is -0.172. The van der Waals surface area contributed by atoms with Gasteiger partial charge >= 0.3 is 0 Å². The van der Waals surface area contributed by atoms with E-state index in [1.54, 1.807) is 16.8 Å². The summed E-state index contributed by atoms with van der Waals surface area (Å²) in [4.78, 5) is 12.6. The Morgan fingerprint density at radius 1 is 1.00 bits per heavy atom. The van der Waals surface area contributed by atoms with Crippen molar-refractivity contribution in [2.75, 3.05) is 5.32 Å². The fourth-order valence-corrected chi connectivity index (χ4v) is 3.11. The lowest BCUT2D eigenvalue weighted by atomic mass is 10.1. The van der Waals surface area contributed by atoms with Crippen LogP contribution in [0.1, 0.15) is 27.3 Å². The standard InChI is InChI=1S/C20H19N7O/c1-13-10-17(6-9-19(13)26-12-21-24-25-26)22-20(28)16-4-7-18(8-5-16)27-15(3)11-14(2)23-27/h4-12H,1-3H3,(H,22,28). The molecule has 28 heavy (non-hydrogen) atoms. The first-order chi connectivity index (χ1) is 13.5. The van der Waals surface area contributed by atoms with Gasteiger partial charge in [-0.2, -0.15) is 5.10 Å². The molecule has 0 saturated heterocycles. The first-order valence-corrected chi connectivity index (χ1v) is 8.80. The minimum absolute atomic E-state index is 0.172. The summed E-state index contributed by atoms with van der Waals surface area (Å²) in [6.45, 7) is 5.90. The number of tetrazole rings is 1. The molecule has 1 amide bonds. The molecule has 0 aliphatic carbocycles. The number of anilines is 1. The highest BCUT2D eigenvalue weighted by atomic mass is 16.1. The number of benzene rings is 2. The highest BCUT2D eigenvalue weighted by Crippen LogP contribution is 2.19. The zero-order chi connectivity index (χ0) is 19.7. The van der Waals surface area contributed by atoms with E-state index in [-0.39, 0.29) is 5.91 Å². The minimum atomic E-state index is -0.172. The fraction of sp³-hybridized carbons (Fsp3) is 0.150. The van der Waals surface area contributed by atoms with Gasteiger partial charge in [0.15, 0.2) is 0 Å². The molecule has 0 unspecified atom stereocenters. The third-order valence-corrected chi connectivity index (χ3v) is 4.43. The van der Waals surface area contributed by atoms with E-state index in [0.29, 0.717) is 11.3 Å². The second-order valence-electron chi connectivity index (χ2n) is 6.60. The molecule has 0 spiro atoms. The SMILES string of the molecule is Cc1cc(C)n(-c2ccc(C(=O)Nc3ccc(-n4cnnn4)c(C)c3)cc2)n1. The van der Waals surface area contributed by atoms with Crippen molar-refractivity contribution in [1.29, 1.82) is 0 Å². The molecule has 2 heterocycles. The maximum Gasteiger partial charge on any atom is 0.255 e. The molecular weight excluding hydrogens is 354 g/mol. The predicted octanol–water partition coefficient (Wildman–Crippen LogP) is 3.03. The number of rotatable bonds is 4.